The minimum atomic E-state index is 0.0205. The molecule has 6 bridgehead atoms. The fraction of sp³-hybridized carbons (Fsp3) is 0.929. The predicted octanol–water partition coefficient (Wildman–Crippen LogP) is 4.22. The van der Waals surface area contributed by atoms with Crippen molar-refractivity contribution in [1.29, 1.82) is 0 Å². The van der Waals surface area contributed by atoms with Crippen LogP contribution in [-0.4, -0.2) is 52.5 Å². The second kappa shape index (κ2) is 8.62. The highest BCUT2D eigenvalue weighted by atomic mass is 16.3. The van der Waals surface area contributed by atoms with Gasteiger partial charge in [-0.2, -0.15) is 0 Å². The predicted molar refractivity (Wildman–Crippen MR) is 128 cm³/mol. The second-order valence-electron chi connectivity index (χ2n) is 13.3. The van der Waals surface area contributed by atoms with E-state index in [4.69, 9.17) is 0 Å². The molecule has 5 aliphatic carbocycles. The molecule has 0 aromatic carbocycles. The number of hydrogen-bond acceptors (Lipinski definition) is 4. The lowest BCUT2D eigenvalue weighted by Gasteiger charge is -2.39. The maximum atomic E-state index is 13.1. The molecular weight excluding hydrogens is 412 g/mol. The van der Waals surface area contributed by atoms with Gasteiger partial charge in [0.25, 0.3) is 0 Å². The number of nitrogens with one attached hydrogen (secondary N) is 1. The van der Waals surface area contributed by atoms with Crippen molar-refractivity contribution in [3.05, 3.63) is 0 Å². The van der Waals surface area contributed by atoms with Crippen molar-refractivity contribution < 1.29 is 14.7 Å². The Balaban J connectivity index is 0.984. The van der Waals surface area contributed by atoms with Gasteiger partial charge in [0.1, 0.15) is 5.78 Å². The summed E-state index contributed by atoms with van der Waals surface area (Å²) in [5.74, 6) is 3.65. The van der Waals surface area contributed by atoms with Crippen LogP contribution in [0.4, 0.5) is 0 Å². The van der Waals surface area contributed by atoms with Crippen molar-refractivity contribution in [3.8, 4) is 0 Å². The van der Waals surface area contributed by atoms with E-state index in [1.165, 1.54) is 57.8 Å². The number of aliphatic hydroxyl groups is 1. The highest BCUT2D eigenvalue weighted by Crippen LogP contribution is 2.60. The van der Waals surface area contributed by atoms with Crippen LogP contribution < -0.4 is 5.32 Å². The van der Waals surface area contributed by atoms with Crippen LogP contribution in [-0.2, 0) is 9.59 Å². The third-order valence-electron chi connectivity index (χ3n) is 11.1. The summed E-state index contributed by atoms with van der Waals surface area (Å²) in [5, 5.41) is 13.4. The lowest BCUT2D eigenvalue weighted by atomic mass is 9.80. The van der Waals surface area contributed by atoms with Crippen molar-refractivity contribution in [1.82, 2.24) is 10.2 Å². The van der Waals surface area contributed by atoms with Gasteiger partial charge in [-0.1, -0.05) is 12.8 Å². The van der Waals surface area contributed by atoms with Gasteiger partial charge in [0.15, 0.2) is 0 Å². The Morgan fingerprint density at radius 1 is 0.939 bits per heavy atom. The molecule has 2 aliphatic heterocycles. The number of amides is 1. The molecule has 2 saturated heterocycles. The smallest absolute Gasteiger partial charge is 0.220 e. The van der Waals surface area contributed by atoms with Crippen molar-refractivity contribution in [2.75, 3.05) is 13.2 Å². The SMILES string of the molecule is O=C(CCC1(CO)CCCC1)CN1[C@@H]2CC[C@H]1C[C@H](CC(=O)NC13CC4CC1C[C@@H](C4)C3)C2. The number of Topliss-reactive ketones (excluding diaryl/α,β-unsaturated/α-hetero) is 1. The molecule has 7 atom stereocenters. The van der Waals surface area contributed by atoms with E-state index in [0.717, 1.165) is 49.9 Å². The summed E-state index contributed by atoms with van der Waals surface area (Å²) in [6.07, 6.45) is 17.9. The molecule has 5 nitrogen and oxygen atoms in total. The fourth-order valence-electron chi connectivity index (χ4n) is 9.70. The second-order valence-corrected chi connectivity index (χ2v) is 13.3. The molecule has 3 unspecified atom stereocenters. The van der Waals surface area contributed by atoms with Gasteiger partial charge in [0.2, 0.25) is 5.91 Å². The first-order valence-electron chi connectivity index (χ1n) is 14.2. The van der Waals surface area contributed by atoms with Crippen LogP contribution >= 0.6 is 0 Å². The van der Waals surface area contributed by atoms with Crippen molar-refractivity contribution >= 4 is 11.7 Å². The van der Waals surface area contributed by atoms with Gasteiger partial charge in [-0.15, -0.1) is 0 Å². The maximum absolute atomic E-state index is 13.1. The lowest BCUT2D eigenvalue weighted by molar-refractivity contribution is -0.126. The van der Waals surface area contributed by atoms with Crippen LogP contribution in [0.25, 0.3) is 0 Å². The Morgan fingerprint density at radius 3 is 2.24 bits per heavy atom. The molecule has 0 spiro atoms. The molecule has 2 N–H and O–H groups in total. The Morgan fingerprint density at radius 2 is 1.61 bits per heavy atom. The van der Waals surface area contributed by atoms with Crippen LogP contribution in [0.3, 0.4) is 0 Å². The first-order valence-corrected chi connectivity index (χ1v) is 14.2. The summed E-state index contributed by atoms with van der Waals surface area (Å²) in [6.45, 7) is 0.825. The number of carbonyl (C=O) groups is 2. The number of piperidine rings is 1. The van der Waals surface area contributed by atoms with Gasteiger partial charge in [0, 0.05) is 37.1 Å². The van der Waals surface area contributed by atoms with Crippen LogP contribution in [0, 0.1) is 29.1 Å². The number of nitrogens with zero attached hydrogens (tertiary/aromatic N) is 1. The number of aliphatic hydroxyl groups excluding tert-OH is 1. The van der Waals surface area contributed by atoms with Crippen LogP contribution in [0.2, 0.25) is 0 Å². The normalized spacial score (nSPS) is 42.8. The van der Waals surface area contributed by atoms with E-state index in [2.05, 4.69) is 10.2 Å². The Hall–Kier alpha value is -0.940. The van der Waals surface area contributed by atoms with Crippen LogP contribution in [0.15, 0.2) is 0 Å². The number of rotatable bonds is 9. The van der Waals surface area contributed by atoms with Gasteiger partial charge < -0.3 is 10.4 Å². The molecule has 184 valence electrons. The first-order chi connectivity index (χ1) is 16.0. The van der Waals surface area contributed by atoms with Crippen molar-refractivity contribution in [3.63, 3.8) is 0 Å². The van der Waals surface area contributed by atoms with Gasteiger partial charge in [-0.05, 0) is 106 Å². The molecule has 1 amide bonds. The first kappa shape index (κ1) is 22.5. The van der Waals surface area contributed by atoms with Gasteiger partial charge in [-0.25, -0.2) is 0 Å². The summed E-state index contributed by atoms with van der Waals surface area (Å²) < 4.78 is 0. The molecule has 0 aromatic heterocycles. The summed E-state index contributed by atoms with van der Waals surface area (Å²) >= 11 is 0. The van der Waals surface area contributed by atoms with E-state index in [-0.39, 0.29) is 17.6 Å². The summed E-state index contributed by atoms with van der Waals surface area (Å²) in [4.78, 5) is 28.4. The molecule has 0 radical (unpaired) electrons. The average molecular weight is 457 g/mol. The fourth-order valence-corrected chi connectivity index (χ4v) is 9.70. The monoisotopic (exact) mass is 456 g/mol. The van der Waals surface area contributed by atoms with E-state index >= 15 is 0 Å². The van der Waals surface area contributed by atoms with Gasteiger partial charge >= 0.3 is 0 Å². The van der Waals surface area contributed by atoms with Crippen LogP contribution in [0.5, 0.6) is 0 Å². The van der Waals surface area contributed by atoms with E-state index in [1.54, 1.807) is 0 Å². The quantitative estimate of drug-likeness (QED) is 0.545. The zero-order valence-electron chi connectivity index (χ0n) is 20.4. The molecule has 33 heavy (non-hydrogen) atoms. The molecule has 7 aliphatic rings. The number of fused-ring (bicyclic) bond motifs is 2. The minimum absolute atomic E-state index is 0.0205. The molecule has 2 heterocycles. The topological polar surface area (TPSA) is 69.6 Å². The van der Waals surface area contributed by atoms with E-state index in [0.29, 0.717) is 49.1 Å². The number of ketones is 1. The standard InChI is InChI=1S/C28H44N2O3/c31-18-27(6-1-2-7-27)8-5-25(32)17-30-23-3-4-24(30)13-19(12-23)14-26(33)29-28-15-20-9-21(16-28)11-22(28)10-20/h19-24,31H,1-18H2,(H,29,33)/t19-,20-,21?,22?,23-,24+,28?/m1/s1. The molecular formula is C28H44N2O3. The highest BCUT2D eigenvalue weighted by Gasteiger charge is 2.58. The Labute approximate surface area is 199 Å². The Kier molecular flexibility index (Phi) is 5.88. The lowest BCUT2D eigenvalue weighted by Crippen LogP contribution is -2.51. The molecule has 5 saturated carbocycles. The van der Waals surface area contributed by atoms with Gasteiger partial charge in [0.05, 0.1) is 6.54 Å². The maximum Gasteiger partial charge on any atom is 0.220 e. The van der Waals surface area contributed by atoms with Crippen molar-refractivity contribution in [2.45, 2.75) is 120 Å². The van der Waals surface area contributed by atoms with E-state index < -0.39 is 0 Å². The zero-order valence-corrected chi connectivity index (χ0v) is 20.4. The molecule has 5 heteroatoms. The van der Waals surface area contributed by atoms with Crippen LogP contribution in [0.1, 0.15) is 103 Å². The highest BCUT2D eigenvalue weighted by molar-refractivity contribution is 5.80. The molecule has 7 rings (SSSR count). The Bertz CT molecular complexity index is 747. The third kappa shape index (κ3) is 4.20. The largest absolute Gasteiger partial charge is 0.396 e. The van der Waals surface area contributed by atoms with Crippen molar-refractivity contribution in [2.24, 2.45) is 29.1 Å². The minimum Gasteiger partial charge on any atom is -0.396 e. The summed E-state index contributed by atoms with van der Waals surface area (Å²) in [6, 6.07) is 0.973. The summed E-state index contributed by atoms with van der Waals surface area (Å²) in [7, 11) is 0. The van der Waals surface area contributed by atoms with Gasteiger partial charge in [-0.3, -0.25) is 14.5 Å². The number of carbonyl (C=O) groups excluding carboxylic acids is 2. The summed E-state index contributed by atoms with van der Waals surface area (Å²) in [5.41, 5.74) is 0.175. The van der Waals surface area contributed by atoms with E-state index in [9.17, 15) is 14.7 Å². The molecule has 7 fully saturated rings. The third-order valence-corrected chi connectivity index (χ3v) is 11.1. The van der Waals surface area contributed by atoms with E-state index in [1.807, 2.05) is 0 Å². The zero-order chi connectivity index (χ0) is 22.6. The molecule has 0 aromatic rings. The number of hydrogen-bond donors (Lipinski definition) is 2. The average Bonchev–Trinajstić information content (AvgIpc) is 3.46.